The minimum absolute atomic E-state index is 0. The molecule has 0 aliphatic carbocycles. The molecule has 0 unspecified atom stereocenters. The molecule has 2 nitrogen and oxygen atoms in total. The Morgan fingerprint density at radius 1 is 1.09 bits per heavy atom. The fraction of sp³-hybridized carbons (Fsp3) is 0.235. The van der Waals surface area contributed by atoms with Gasteiger partial charge in [-0.2, -0.15) is 0 Å². The molecular formula is C17H19ClN2S2. The monoisotopic (exact) mass is 350 g/mol. The van der Waals surface area contributed by atoms with Crippen LogP contribution in [-0.4, -0.2) is 21.9 Å². The number of thioether (sulfide) groups is 2. The Bertz CT molecular complexity index is 725. The van der Waals surface area contributed by atoms with Crippen molar-refractivity contribution < 1.29 is 0 Å². The molecule has 0 amide bonds. The van der Waals surface area contributed by atoms with E-state index in [-0.39, 0.29) is 12.4 Å². The van der Waals surface area contributed by atoms with Gasteiger partial charge in [-0.15, -0.1) is 35.9 Å². The maximum Gasteiger partial charge on any atom is 0.0840 e. The van der Waals surface area contributed by atoms with Crippen molar-refractivity contribution in [2.24, 2.45) is 0 Å². The molecule has 0 N–H and O–H groups in total. The maximum absolute atomic E-state index is 4.29. The second kappa shape index (κ2) is 7.44. The molecule has 1 aromatic carbocycles. The number of benzene rings is 1. The fourth-order valence-electron chi connectivity index (χ4n) is 2.62. The van der Waals surface area contributed by atoms with E-state index in [2.05, 4.69) is 59.3 Å². The molecule has 0 spiro atoms. The zero-order chi connectivity index (χ0) is 14.8. The first kappa shape index (κ1) is 17.3. The van der Waals surface area contributed by atoms with E-state index < -0.39 is 0 Å². The number of nitrogens with zero attached hydrogens (tertiary/aromatic N) is 2. The average molecular weight is 351 g/mol. The number of fused-ring (bicyclic) bond motifs is 1. The number of aryl methyl sites for hydroxylation is 1. The van der Waals surface area contributed by atoms with Crippen molar-refractivity contribution in [2.75, 3.05) is 12.5 Å². The lowest BCUT2D eigenvalue weighted by molar-refractivity contribution is 0.981. The van der Waals surface area contributed by atoms with Crippen LogP contribution in [-0.2, 0) is 6.42 Å². The zero-order valence-corrected chi connectivity index (χ0v) is 15.3. The third kappa shape index (κ3) is 3.14. The van der Waals surface area contributed by atoms with Crippen LogP contribution < -0.4 is 0 Å². The number of hydrogen-bond donors (Lipinski definition) is 0. The summed E-state index contributed by atoms with van der Waals surface area (Å²) in [5.74, 6) is 0. The molecule has 0 bridgehead atoms. The van der Waals surface area contributed by atoms with Crippen molar-refractivity contribution in [1.29, 1.82) is 0 Å². The predicted molar refractivity (Wildman–Crippen MR) is 100.0 cm³/mol. The van der Waals surface area contributed by atoms with Gasteiger partial charge < -0.3 is 4.40 Å². The molecule has 0 saturated heterocycles. The third-order valence-electron chi connectivity index (χ3n) is 3.64. The zero-order valence-electron chi connectivity index (χ0n) is 12.9. The molecule has 2 heterocycles. The average Bonchev–Trinajstić information content (AvgIpc) is 2.82. The van der Waals surface area contributed by atoms with Gasteiger partial charge in [0.25, 0.3) is 0 Å². The van der Waals surface area contributed by atoms with Crippen LogP contribution in [0.3, 0.4) is 0 Å². The first-order chi connectivity index (χ1) is 10.2. The number of aromatic nitrogens is 2. The van der Waals surface area contributed by atoms with Gasteiger partial charge in [-0.3, -0.25) is 4.98 Å². The first-order valence-corrected chi connectivity index (χ1v) is 9.30. The van der Waals surface area contributed by atoms with Crippen LogP contribution in [0.4, 0.5) is 0 Å². The molecule has 3 rings (SSSR count). The van der Waals surface area contributed by atoms with Crippen LogP contribution in [0.5, 0.6) is 0 Å². The molecule has 22 heavy (non-hydrogen) atoms. The van der Waals surface area contributed by atoms with Gasteiger partial charge in [-0.05, 0) is 25.0 Å². The smallest absolute Gasteiger partial charge is 0.0840 e. The van der Waals surface area contributed by atoms with E-state index in [1.807, 2.05) is 24.2 Å². The maximum atomic E-state index is 4.29. The van der Waals surface area contributed by atoms with Crippen molar-refractivity contribution >= 4 is 41.4 Å². The Morgan fingerprint density at radius 2 is 1.82 bits per heavy atom. The third-order valence-corrected chi connectivity index (χ3v) is 5.33. The fourth-order valence-corrected chi connectivity index (χ4v) is 4.24. The van der Waals surface area contributed by atoms with Crippen molar-refractivity contribution in [3.63, 3.8) is 0 Å². The number of rotatable bonds is 4. The molecule has 0 saturated carbocycles. The summed E-state index contributed by atoms with van der Waals surface area (Å²) in [6, 6.07) is 8.82. The quantitative estimate of drug-likeness (QED) is 0.609. The molecule has 0 radical (unpaired) electrons. The van der Waals surface area contributed by atoms with E-state index in [9.17, 15) is 0 Å². The normalized spacial score (nSPS) is 10.7. The van der Waals surface area contributed by atoms with Crippen molar-refractivity contribution in [3.8, 4) is 0 Å². The standard InChI is InChI=1S/C17H18N2S2.ClH/c1-12-4-6-13(7-5-12)10-14-16(20-2)15-11-18-8-9-19(15)17(14)21-3;/h4-9,11H,10H2,1-3H3;1H. The van der Waals surface area contributed by atoms with Crippen LogP contribution in [0.1, 0.15) is 16.7 Å². The SMILES string of the molecule is CSc1c(Cc2ccc(C)cc2)c(SC)n2ccncc12.Cl. The largest absolute Gasteiger partial charge is 0.307 e. The van der Waals surface area contributed by atoms with E-state index in [1.165, 1.54) is 32.1 Å². The van der Waals surface area contributed by atoms with Gasteiger partial charge >= 0.3 is 0 Å². The lowest BCUT2D eigenvalue weighted by Gasteiger charge is -2.06. The summed E-state index contributed by atoms with van der Waals surface area (Å²) in [6.07, 6.45) is 11.1. The Kier molecular flexibility index (Phi) is 5.84. The van der Waals surface area contributed by atoms with Crippen LogP contribution in [0.15, 0.2) is 52.8 Å². The van der Waals surface area contributed by atoms with Crippen LogP contribution in [0.25, 0.3) is 5.52 Å². The predicted octanol–water partition coefficient (Wildman–Crippen LogP) is 5.10. The second-order valence-corrected chi connectivity index (χ2v) is 6.63. The Labute approximate surface area is 146 Å². The van der Waals surface area contributed by atoms with Gasteiger partial charge in [-0.1, -0.05) is 29.8 Å². The Hall–Kier alpha value is -1.10. The minimum atomic E-state index is 0. The molecule has 0 aliphatic heterocycles. The number of halogens is 1. The summed E-state index contributed by atoms with van der Waals surface area (Å²) in [7, 11) is 0. The van der Waals surface area contributed by atoms with Crippen LogP contribution in [0, 0.1) is 6.92 Å². The summed E-state index contributed by atoms with van der Waals surface area (Å²) in [5.41, 5.74) is 5.28. The molecule has 0 aliphatic rings. The molecule has 0 fully saturated rings. The first-order valence-electron chi connectivity index (χ1n) is 6.85. The molecule has 0 atom stereocenters. The summed E-state index contributed by atoms with van der Waals surface area (Å²) in [4.78, 5) is 5.63. The molecule has 116 valence electrons. The highest BCUT2D eigenvalue weighted by Gasteiger charge is 2.17. The van der Waals surface area contributed by atoms with Crippen molar-refractivity contribution in [2.45, 2.75) is 23.3 Å². The van der Waals surface area contributed by atoms with Gasteiger partial charge in [0, 0.05) is 29.3 Å². The van der Waals surface area contributed by atoms with E-state index in [1.54, 1.807) is 11.8 Å². The van der Waals surface area contributed by atoms with E-state index in [4.69, 9.17) is 0 Å². The van der Waals surface area contributed by atoms with Gasteiger partial charge in [-0.25, -0.2) is 0 Å². The number of hydrogen-bond acceptors (Lipinski definition) is 3. The lowest BCUT2D eigenvalue weighted by atomic mass is 10.1. The topological polar surface area (TPSA) is 17.3 Å². The second-order valence-electron chi connectivity index (χ2n) is 5.02. The highest BCUT2D eigenvalue weighted by Crippen LogP contribution is 2.36. The highest BCUT2D eigenvalue weighted by atomic mass is 35.5. The summed E-state index contributed by atoms with van der Waals surface area (Å²) >= 11 is 3.61. The Morgan fingerprint density at radius 3 is 2.45 bits per heavy atom. The van der Waals surface area contributed by atoms with Crippen molar-refractivity contribution in [3.05, 3.63) is 59.5 Å². The van der Waals surface area contributed by atoms with Crippen LogP contribution >= 0.6 is 35.9 Å². The van der Waals surface area contributed by atoms with Crippen molar-refractivity contribution in [1.82, 2.24) is 9.38 Å². The lowest BCUT2D eigenvalue weighted by Crippen LogP contribution is -1.91. The molecular weight excluding hydrogens is 332 g/mol. The van der Waals surface area contributed by atoms with E-state index in [0.29, 0.717) is 0 Å². The van der Waals surface area contributed by atoms with Gasteiger partial charge in [0.05, 0.1) is 16.7 Å². The summed E-state index contributed by atoms with van der Waals surface area (Å²) in [5, 5.41) is 1.32. The van der Waals surface area contributed by atoms with Gasteiger partial charge in [0.2, 0.25) is 0 Å². The summed E-state index contributed by atoms with van der Waals surface area (Å²) in [6.45, 7) is 2.13. The van der Waals surface area contributed by atoms with Gasteiger partial charge in [0.1, 0.15) is 0 Å². The molecule has 5 heteroatoms. The molecule has 2 aromatic heterocycles. The summed E-state index contributed by atoms with van der Waals surface area (Å²) < 4.78 is 2.26. The van der Waals surface area contributed by atoms with E-state index in [0.717, 1.165) is 6.42 Å². The van der Waals surface area contributed by atoms with Gasteiger partial charge in [0.15, 0.2) is 0 Å². The molecule has 3 aromatic rings. The highest BCUT2D eigenvalue weighted by molar-refractivity contribution is 7.99. The van der Waals surface area contributed by atoms with E-state index >= 15 is 0 Å². The minimum Gasteiger partial charge on any atom is -0.307 e. The van der Waals surface area contributed by atoms with Crippen LogP contribution in [0.2, 0.25) is 0 Å². The Balaban J connectivity index is 0.00000176.